The van der Waals surface area contributed by atoms with E-state index in [4.69, 9.17) is 16.3 Å². The molecule has 1 N–H and O–H groups in total. The molecule has 1 heterocycles. The van der Waals surface area contributed by atoms with Crippen LogP contribution in [0, 0.1) is 10.1 Å². The zero-order valence-electron chi connectivity index (χ0n) is 20.9. The summed E-state index contributed by atoms with van der Waals surface area (Å²) in [6.45, 7) is 6.46. The summed E-state index contributed by atoms with van der Waals surface area (Å²) in [7, 11) is 1.61. The summed E-state index contributed by atoms with van der Waals surface area (Å²) in [5, 5.41) is 24.9. The van der Waals surface area contributed by atoms with Gasteiger partial charge < -0.3 is 9.84 Å². The first-order chi connectivity index (χ1) is 17.4. The third kappa shape index (κ3) is 5.98. The number of unbranched alkanes of at least 4 members (excludes halogenated alkanes) is 1. The van der Waals surface area contributed by atoms with Crippen LogP contribution in [-0.2, 0) is 6.54 Å². The van der Waals surface area contributed by atoms with Gasteiger partial charge in [-0.1, -0.05) is 61.7 Å². The van der Waals surface area contributed by atoms with Gasteiger partial charge in [-0.2, -0.15) is 0 Å². The Morgan fingerprint density at radius 1 is 1.08 bits per heavy atom. The SMILES string of the molecule is CCCC[C@H]([C@@H](O)c1ccc2c(Cl)c(OC)ccc2c1)N1CCN(Cc2ccc([N+](=O)[O-])cc2)CC1. The van der Waals surface area contributed by atoms with Gasteiger partial charge in [0.2, 0.25) is 0 Å². The van der Waals surface area contributed by atoms with Crippen molar-refractivity contribution in [2.24, 2.45) is 0 Å². The summed E-state index contributed by atoms with van der Waals surface area (Å²) in [6, 6.07) is 16.7. The van der Waals surface area contributed by atoms with Crippen LogP contribution < -0.4 is 4.74 Å². The number of nitrogens with zero attached hydrogens (tertiary/aromatic N) is 3. The van der Waals surface area contributed by atoms with Crippen molar-refractivity contribution in [1.82, 2.24) is 9.80 Å². The van der Waals surface area contributed by atoms with Gasteiger partial charge in [-0.05, 0) is 35.1 Å². The van der Waals surface area contributed by atoms with Crippen LogP contribution in [0.4, 0.5) is 5.69 Å². The molecule has 3 aromatic carbocycles. The number of rotatable bonds is 10. The maximum atomic E-state index is 11.5. The second-order valence-corrected chi connectivity index (χ2v) is 9.83. The van der Waals surface area contributed by atoms with Gasteiger partial charge in [0.15, 0.2) is 0 Å². The largest absolute Gasteiger partial charge is 0.495 e. The Labute approximate surface area is 217 Å². The number of hydrogen-bond acceptors (Lipinski definition) is 6. The van der Waals surface area contributed by atoms with Gasteiger partial charge in [0, 0.05) is 56.3 Å². The van der Waals surface area contributed by atoms with Crippen molar-refractivity contribution < 1.29 is 14.8 Å². The highest BCUT2D eigenvalue weighted by Crippen LogP contribution is 2.35. The summed E-state index contributed by atoms with van der Waals surface area (Å²) in [6.07, 6.45) is 2.47. The smallest absolute Gasteiger partial charge is 0.269 e. The monoisotopic (exact) mass is 511 g/mol. The van der Waals surface area contributed by atoms with E-state index in [0.29, 0.717) is 10.8 Å². The number of nitro benzene ring substituents is 1. The standard InChI is InChI=1S/C28H34ClN3O4/c1-3-4-5-25(28(33)22-8-12-24-21(18-22)9-13-26(36-2)27(24)29)31-16-14-30(15-17-31)19-20-6-10-23(11-7-20)32(34)35/h6-13,18,25,28,33H,3-5,14-17,19H2,1-2H3/t25-,28+/m1/s1. The number of fused-ring (bicyclic) bond motifs is 1. The molecule has 192 valence electrons. The summed E-state index contributed by atoms with van der Waals surface area (Å²) in [4.78, 5) is 15.3. The number of nitro groups is 1. The van der Waals surface area contributed by atoms with Crippen molar-refractivity contribution in [2.75, 3.05) is 33.3 Å². The topological polar surface area (TPSA) is 79.1 Å². The molecule has 0 amide bonds. The molecule has 3 aromatic rings. The van der Waals surface area contributed by atoms with Crippen LogP contribution in [0.1, 0.15) is 43.4 Å². The molecule has 4 rings (SSSR count). The van der Waals surface area contributed by atoms with Crippen LogP contribution >= 0.6 is 11.6 Å². The van der Waals surface area contributed by atoms with Crippen LogP contribution in [-0.4, -0.2) is 59.2 Å². The number of aliphatic hydroxyl groups is 1. The Balaban J connectivity index is 1.44. The van der Waals surface area contributed by atoms with Crippen molar-refractivity contribution in [3.05, 3.63) is 80.9 Å². The lowest BCUT2D eigenvalue weighted by molar-refractivity contribution is -0.384. The Hall–Kier alpha value is -2.71. The van der Waals surface area contributed by atoms with Gasteiger partial charge in [-0.25, -0.2) is 0 Å². The van der Waals surface area contributed by atoms with E-state index in [1.54, 1.807) is 19.2 Å². The molecule has 1 saturated heterocycles. The lowest BCUT2D eigenvalue weighted by atomic mass is 9.94. The fourth-order valence-electron chi connectivity index (χ4n) is 5.04. The van der Waals surface area contributed by atoms with Crippen molar-refractivity contribution >= 4 is 28.1 Å². The molecule has 2 atom stereocenters. The van der Waals surface area contributed by atoms with E-state index >= 15 is 0 Å². The first-order valence-electron chi connectivity index (χ1n) is 12.5. The minimum atomic E-state index is -0.594. The fourth-order valence-corrected chi connectivity index (χ4v) is 5.35. The van der Waals surface area contributed by atoms with Crippen molar-refractivity contribution in [3.63, 3.8) is 0 Å². The molecule has 0 aromatic heterocycles. The summed E-state index contributed by atoms with van der Waals surface area (Å²) in [5.74, 6) is 0.643. The molecule has 8 heteroatoms. The van der Waals surface area contributed by atoms with Crippen molar-refractivity contribution in [2.45, 2.75) is 44.9 Å². The average molecular weight is 512 g/mol. The Morgan fingerprint density at radius 2 is 1.81 bits per heavy atom. The molecule has 1 fully saturated rings. The lowest BCUT2D eigenvalue weighted by Gasteiger charge is -2.41. The van der Waals surface area contributed by atoms with Gasteiger partial charge in [-0.3, -0.25) is 19.9 Å². The van der Waals surface area contributed by atoms with Gasteiger partial charge in [-0.15, -0.1) is 0 Å². The minimum Gasteiger partial charge on any atom is -0.495 e. The Bertz CT molecular complexity index is 1180. The summed E-state index contributed by atoms with van der Waals surface area (Å²) in [5.41, 5.74) is 2.09. The van der Waals surface area contributed by atoms with E-state index in [2.05, 4.69) is 16.7 Å². The number of non-ortho nitro benzene ring substituents is 1. The Morgan fingerprint density at radius 3 is 2.44 bits per heavy atom. The molecule has 0 saturated carbocycles. The third-order valence-electron chi connectivity index (χ3n) is 7.15. The normalized spacial score (nSPS) is 16.7. The lowest BCUT2D eigenvalue weighted by Crippen LogP contribution is -2.51. The maximum absolute atomic E-state index is 11.5. The number of ether oxygens (including phenoxy) is 1. The number of halogens is 1. The minimum absolute atomic E-state index is 0.0395. The van der Waals surface area contributed by atoms with E-state index in [1.807, 2.05) is 42.5 Å². The Kier molecular flexibility index (Phi) is 8.80. The highest BCUT2D eigenvalue weighted by Gasteiger charge is 2.30. The molecule has 0 radical (unpaired) electrons. The summed E-state index contributed by atoms with van der Waals surface area (Å²) >= 11 is 6.49. The highest BCUT2D eigenvalue weighted by molar-refractivity contribution is 6.37. The van der Waals surface area contributed by atoms with E-state index in [1.165, 1.54) is 0 Å². The van der Waals surface area contributed by atoms with E-state index in [9.17, 15) is 15.2 Å². The molecular weight excluding hydrogens is 478 g/mol. The zero-order valence-corrected chi connectivity index (χ0v) is 21.7. The predicted molar refractivity (Wildman–Crippen MR) is 144 cm³/mol. The molecular formula is C28H34ClN3O4. The number of benzene rings is 3. The highest BCUT2D eigenvalue weighted by atomic mass is 35.5. The third-order valence-corrected chi connectivity index (χ3v) is 7.54. The van der Waals surface area contributed by atoms with Crippen LogP contribution in [0.25, 0.3) is 10.8 Å². The molecule has 1 aliphatic rings. The van der Waals surface area contributed by atoms with Crippen LogP contribution in [0.2, 0.25) is 5.02 Å². The van der Waals surface area contributed by atoms with Crippen molar-refractivity contribution in [3.8, 4) is 5.75 Å². The second kappa shape index (κ2) is 12.0. The van der Waals surface area contributed by atoms with Crippen LogP contribution in [0.3, 0.4) is 0 Å². The number of piperazine rings is 1. The van der Waals surface area contributed by atoms with Gasteiger partial charge in [0.1, 0.15) is 5.75 Å². The second-order valence-electron chi connectivity index (χ2n) is 9.45. The molecule has 0 aliphatic carbocycles. The van der Waals surface area contributed by atoms with E-state index in [-0.39, 0.29) is 16.7 Å². The maximum Gasteiger partial charge on any atom is 0.269 e. The van der Waals surface area contributed by atoms with E-state index < -0.39 is 6.10 Å². The first kappa shape index (κ1) is 26.4. The predicted octanol–water partition coefficient (Wildman–Crippen LogP) is 5.82. The quantitative estimate of drug-likeness (QED) is 0.273. The molecule has 0 spiro atoms. The molecule has 0 unspecified atom stereocenters. The number of hydrogen-bond donors (Lipinski definition) is 1. The van der Waals surface area contributed by atoms with Crippen LogP contribution in [0.5, 0.6) is 5.75 Å². The fraction of sp³-hybridized carbons (Fsp3) is 0.429. The molecule has 36 heavy (non-hydrogen) atoms. The number of aliphatic hydroxyl groups excluding tert-OH is 1. The molecule has 7 nitrogen and oxygen atoms in total. The van der Waals surface area contributed by atoms with Gasteiger partial charge in [0.25, 0.3) is 5.69 Å². The zero-order chi connectivity index (χ0) is 25.7. The van der Waals surface area contributed by atoms with Gasteiger partial charge >= 0.3 is 0 Å². The first-order valence-corrected chi connectivity index (χ1v) is 12.9. The number of methoxy groups -OCH3 is 1. The average Bonchev–Trinajstić information content (AvgIpc) is 2.90. The van der Waals surface area contributed by atoms with Crippen LogP contribution in [0.15, 0.2) is 54.6 Å². The van der Waals surface area contributed by atoms with Crippen molar-refractivity contribution in [1.29, 1.82) is 0 Å². The summed E-state index contributed by atoms with van der Waals surface area (Å²) < 4.78 is 5.33. The molecule has 1 aliphatic heterocycles. The molecule has 0 bridgehead atoms. The van der Waals surface area contributed by atoms with E-state index in [0.717, 1.165) is 73.9 Å². The van der Waals surface area contributed by atoms with Gasteiger partial charge in [0.05, 0.1) is 23.2 Å².